The van der Waals surface area contributed by atoms with Gasteiger partial charge in [0, 0.05) is 6.42 Å². The number of carbonyl (C=O) groups is 2. The number of hydrogen-bond donors (Lipinski definition) is 3. The lowest BCUT2D eigenvalue weighted by molar-refractivity contribution is -0.141. The number of halogens is 1. The van der Waals surface area contributed by atoms with Crippen LogP contribution in [0.5, 0.6) is 0 Å². The Kier molecular flexibility index (Phi) is 4.79. The molecular formula is C12H15FN2O3. The second kappa shape index (κ2) is 6.11. The standard InChI is InChI=1S/C12H15FN2O3/c1-7(14)11(16)15-10(12(17)18)6-8-4-2-3-5-9(8)13/h2-5,7,10H,6,14H2,1H3,(H,15,16)(H,17,18). The molecule has 6 heteroatoms. The van der Waals surface area contributed by atoms with E-state index in [1.807, 2.05) is 0 Å². The average molecular weight is 254 g/mol. The molecule has 1 aromatic rings. The number of benzene rings is 1. The van der Waals surface area contributed by atoms with Crippen molar-refractivity contribution in [1.29, 1.82) is 0 Å². The maximum Gasteiger partial charge on any atom is 0.326 e. The van der Waals surface area contributed by atoms with Gasteiger partial charge >= 0.3 is 5.97 Å². The Labute approximate surface area is 104 Å². The van der Waals surface area contributed by atoms with Crippen molar-refractivity contribution in [1.82, 2.24) is 5.32 Å². The van der Waals surface area contributed by atoms with E-state index in [1.54, 1.807) is 6.07 Å². The SMILES string of the molecule is CC(N)C(=O)NC(Cc1ccccc1F)C(=O)O. The lowest BCUT2D eigenvalue weighted by atomic mass is 10.1. The normalized spacial score (nSPS) is 13.7. The summed E-state index contributed by atoms with van der Waals surface area (Å²) in [7, 11) is 0. The molecule has 2 atom stereocenters. The first-order chi connectivity index (χ1) is 8.41. The van der Waals surface area contributed by atoms with Gasteiger partial charge in [0.05, 0.1) is 6.04 Å². The third kappa shape index (κ3) is 3.81. The molecule has 0 saturated heterocycles. The van der Waals surface area contributed by atoms with Gasteiger partial charge in [-0.05, 0) is 18.6 Å². The molecule has 0 heterocycles. The van der Waals surface area contributed by atoms with Gasteiger partial charge < -0.3 is 16.2 Å². The molecular weight excluding hydrogens is 239 g/mol. The largest absolute Gasteiger partial charge is 0.480 e. The highest BCUT2D eigenvalue weighted by molar-refractivity contribution is 5.86. The van der Waals surface area contributed by atoms with Crippen LogP contribution in [0, 0.1) is 5.82 Å². The van der Waals surface area contributed by atoms with Crippen molar-refractivity contribution in [3.05, 3.63) is 35.6 Å². The minimum absolute atomic E-state index is 0.125. The molecule has 1 amide bonds. The van der Waals surface area contributed by atoms with E-state index >= 15 is 0 Å². The van der Waals surface area contributed by atoms with E-state index in [1.165, 1.54) is 25.1 Å². The summed E-state index contributed by atoms with van der Waals surface area (Å²) in [6, 6.07) is 3.82. The number of hydrogen-bond acceptors (Lipinski definition) is 3. The number of aliphatic carboxylic acids is 1. The number of nitrogens with two attached hydrogens (primary N) is 1. The summed E-state index contributed by atoms with van der Waals surface area (Å²) in [6.07, 6.45) is -0.125. The van der Waals surface area contributed by atoms with Crippen LogP contribution in [0.3, 0.4) is 0 Å². The Morgan fingerprint density at radius 3 is 2.56 bits per heavy atom. The first kappa shape index (κ1) is 14.1. The highest BCUT2D eigenvalue weighted by Gasteiger charge is 2.22. The number of carboxylic acids is 1. The molecule has 0 spiro atoms. The Balaban J connectivity index is 2.79. The molecule has 98 valence electrons. The van der Waals surface area contributed by atoms with Crippen LogP contribution in [-0.2, 0) is 16.0 Å². The number of carboxylic acid groups (broad SMARTS) is 1. The van der Waals surface area contributed by atoms with Crippen LogP contribution >= 0.6 is 0 Å². The van der Waals surface area contributed by atoms with E-state index < -0.39 is 29.8 Å². The van der Waals surface area contributed by atoms with E-state index in [9.17, 15) is 14.0 Å². The molecule has 0 aliphatic heterocycles. The molecule has 18 heavy (non-hydrogen) atoms. The molecule has 2 unspecified atom stereocenters. The fraction of sp³-hybridized carbons (Fsp3) is 0.333. The molecule has 0 aromatic heterocycles. The van der Waals surface area contributed by atoms with E-state index in [4.69, 9.17) is 10.8 Å². The van der Waals surface area contributed by atoms with Gasteiger partial charge in [-0.3, -0.25) is 4.79 Å². The van der Waals surface area contributed by atoms with E-state index in [0.29, 0.717) is 0 Å². The van der Waals surface area contributed by atoms with E-state index in [0.717, 1.165) is 0 Å². The van der Waals surface area contributed by atoms with Crippen molar-refractivity contribution in [2.75, 3.05) is 0 Å². The van der Waals surface area contributed by atoms with Crippen molar-refractivity contribution in [2.24, 2.45) is 5.73 Å². The van der Waals surface area contributed by atoms with Gasteiger partial charge in [0.15, 0.2) is 0 Å². The predicted molar refractivity (Wildman–Crippen MR) is 63.3 cm³/mol. The zero-order valence-corrected chi connectivity index (χ0v) is 9.89. The number of amides is 1. The van der Waals surface area contributed by atoms with Crippen molar-refractivity contribution in [3.63, 3.8) is 0 Å². The van der Waals surface area contributed by atoms with Crippen LogP contribution in [0.2, 0.25) is 0 Å². The lowest BCUT2D eigenvalue weighted by Crippen LogP contribution is -2.48. The van der Waals surface area contributed by atoms with Crippen LogP contribution in [0.4, 0.5) is 4.39 Å². The van der Waals surface area contributed by atoms with Gasteiger partial charge in [-0.2, -0.15) is 0 Å². The molecule has 0 aliphatic carbocycles. The highest BCUT2D eigenvalue weighted by Crippen LogP contribution is 2.09. The zero-order valence-electron chi connectivity index (χ0n) is 9.89. The van der Waals surface area contributed by atoms with Gasteiger partial charge in [0.1, 0.15) is 11.9 Å². The van der Waals surface area contributed by atoms with E-state index in [2.05, 4.69) is 5.32 Å². The molecule has 1 aromatic carbocycles. The Hall–Kier alpha value is -1.95. The molecule has 0 aliphatic rings. The summed E-state index contributed by atoms with van der Waals surface area (Å²) in [4.78, 5) is 22.3. The molecule has 0 radical (unpaired) electrons. The van der Waals surface area contributed by atoms with Crippen LogP contribution < -0.4 is 11.1 Å². The second-order valence-electron chi connectivity index (χ2n) is 3.98. The van der Waals surface area contributed by atoms with Gasteiger partial charge in [-0.1, -0.05) is 18.2 Å². The molecule has 0 saturated carbocycles. The summed E-state index contributed by atoms with van der Waals surface area (Å²) in [5.74, 6) is -2.32. The average Bonchev–Trinajstić information content (AvgIpc) is 2.30. The quantitative estimate of drug-likeness (QED) is 0.704. The Bertz CT molecular complexity index is 449. The van der Waals surface area contributed by atoms with Gasteiger partial charge in [-0.25, -0.2) is 9.18 Å². The first-order valence-electron chi connectivity index (χ1n) is 5.44. The fourth-order valence-corrected chi connectivity index (χ4v) is 1.39. The van der Waals surface area contributed by atoms with Gasteiger partial charge in [0.2, 0.25) is 5.91 Å². The molecule has 0 bridgehead atoms. The van der Waals surface area contributed by atoms with Crippen molar-refractivity contribution in [3.8, 4) is 0 Å². The summed E-state index contributed by atoms with van der Waals surface area (Å²) in [5, 5.41) is 11.2. The smallest absolute Gasteiger partial charge is 0.326 e. The van der Waals surface area contributed by atoms with E-state index in [-0.39, 0.29) is 12.0 Å². The summed E-state index contributed by atoms with van der Waals surface area (Å²) < 4.78 is 13.4. The van der Waals surface area contributed by atoms with Crippen molar-refractivity contribution >= 4 is 11.9 Å². The maximum absolute atomic E-state index is 13.4. The molecule has 0 fully saturated rings. The third-order valence-electron chi connectivity index (χ3n) is 2.41. The predicted octanol–water partition coefficient (Wildman–Crippen LogP) is 0.285. The first-order valence-corrected chi connectivity index (χ1v) is 5.44. The summed E-state index contributed by atoms with van der Waals surface area (Å²) in [5.41, 5.74) is 5.56. The van der Waals surface area contributed by atoms with Crippen LogP contribution in [0.25, 0.3) is 0 Å². The Morgan fingerprint density at radius 2 is 2.06 bits per heavy atom. The second-order valence-corrected chi connectivity index (χ2v) is 3.98. The topological polar surface area (TPSA) is 92.4 Å². The number of nitrogens with one attached hydrogen (secondary N) is 1. The van der Waals surface area contributed by atoms with Crippen molar-refractivity contribution < 1.29 is 19.1 Å². The Morgan fingerprint density at radius 1 is 1.44 bits per heavy atom. The molecule has 4 N–H and O–H groups in total. The minimum Gasteiger partial charge on any atom is -0.480 e. The monoisotopic (exact) mass is 254 g/mol. The molecule has 1 rings (SSSR count). The fourth-order valence-electron chi connectivity index (χ4n) is 1.39. The lowest BCUT2D eigenvalue weighted by Gasteiger charge is -2.16. The molecule has 5 nitrogen and oxygen atoms in total. The number of carbonyl (C=O) groups excluding carboxylic acids is 1. The van der Waals surface area contributed by atoms with Crippen LogP contribution in [-0.4, -0.2) is 29.1 Å². The minimum atomic E-state index is -1.23. The highest BCUT2D eigenvalue weighted by atomic mass is 19.1. The van der Waals surface area contributed by atoms with Crippen LogP contribution in [0.15, 0.2) is 24.3 Å². The number of rotatable bonds is 5. The summed E-state index contributed by atoms with van der Waals surface area (Å²) >= 11 is 0. The third-order valence-corrected chi connectivity index (χ3v) is 2.41. The summed E-state index contributed by atoms with van der Waals surface area (Å²) in [6.45, 7) is 1.44. The maximum atomic E-state index is 13.4. The van der Waals surface area contributed by atoms with Crippen LogP contribution in [0.1, 0.15) is 12.5 Å². The van der Waals surface area contributed by atoms with Crippen molar-refractivity contribution in [2.45, 2.75) is 25.4 Å². The zero-order chi connectivity index (χ0) is 13.7. The van der Waals surface area contributed by atoms with Gasteiger partial charge in [0.25, 0.3) is 0 Å². The van der Waals surface area contributed by atoms with Gasteiger partial charge in [-0.15, -0.1) is 0 Å².